The predicted molar refractivity (Wildman–Crippen MR) is 105 cm³/mol. The Bertz CT molecular complexity index is 915. The Balaban J connectivity index is 0.000000131. The van der Waals surface area contributed by atoms with E-state index in [-0.39, 0.29) is 11.6 Å². The minimum atomic E-state index is -0.0924. The van der Waals surface area contributed by atoms with Gasteiger partial charge in [0, 0.05) is 20.9 Å². The molecule has 1 aliphatic carbocycles. The molecule has 0 unspecified atom stereocenters. The Kier molecular flexibility index (Phi) is 4.42. The van der Waals surface area contributed by atoms with E-state index < -0.39 is 0 Å². The average molecular weight is 357 g/mol. The van der Waals surface area contributed by atoms with Crippen LogP contribution in [0.25, 0.3) is 0 Å². The molecule has 26 heavy (non-hydrogen) atoms. The summed E-state index contributed by atoms with van der Waals surface area (Å²) in [5.74, 6) is -0.185. The van der Waals surface area contributed by atoms with Crippen molar-refractivity contribution >= 4 is 34.7 Å². The lowest BCUT2D eigenvalue weighted by atomic mass is 9.95. The molecule has 0 bridgehead atoms. The van der Waals surface area contributed by atoms with Crippen molar-refractivity contribution in [3.05, 3.63) is 96.1 Å². The quantitative estimate of drug-likeness (QED) is 0.450. The molecule has 0 atom stereocenters. The summed E-state index contributed by atoms with van der Waals surface area (Å²) in [6, 6.07) is 23.6. The highest BCUT2D eigenvalue weighted by molar-refractivity contribution is 7.99. The van der Waals surface area contributed by atoms with Crippen LogP contribution < -0.4 is 5.32 Å². The molecule has 0 saturated heterocycles. The Morgan fingerprint density at radius 1 is 0.577 bits per heavy atom. The van der Waals surface area contributed by atoms with Crippen LogP contribution in [0.1, 0.15) is 20.7 Å². The number of hydrogen-bond acceptors (Lipinski definition) is 4. The minimum Gasteiger partial charge on any atom is -0.354 e. The summed E-state index contributed by atoms with van der Waals surface area (Å²) >= 11 is 1.82. The van der Waals surface area contributed by atoms with E-state index >= 15 is 0 Å². The van der Waals surface area contributed by atoms with Crippen molar-refractivity contribution in [2.24, 2.45) is 0 Å². The highest BCUT2D eigenvalue weighted by Crippen LogP contribution is 2.43. The molecule has 1 heterocycles. The molecular weight excluding hydrogens is 342 g/mol. The number of fused-ring (bicyclic) bond motifs is 3. The normalized spacial score (nSPS) is 13.5. The zero-order valence-corrected chi connectivity index (χ0v) is 14.6. The summed E-state index contributed by atoms with van der Waals surface area (Å²) in [7, 11) is 0. The average Bonchev–Trinajstić information content (AvgIpc) is 2.70. The van der Waals surface area contributed by atoms with Crippen LogP contribution in [0.15, 0.2) is 94.7 Å². The Labute approximate surface area is 155 Å². The molecule has 1 aliphatic heterocycles. The van der Waals surface area contributed by atoms with Crippen molar-refractivity contribution in [2.75, 3.05) is 5.32 Å². The van der Waals surface area contributed by atoms with Gasteiger partial charge in [-0.3, -0.25) is 9.59 Å². The van der Waals surface area contributed by atoms with Gasteiger partial charge in [-0.15, -0.1) is 0 Å². The number of nitrogens with one attached hydrogen (secondary N) is 1. The van der Waals surface area contributed by atoms with E-state index in [9.17, 15) is 9.59 Å². The van der Waals surface area contributed by atoms with E-state index in [1.165, 1.54) is 33.3 Å². The van der Waals surface area contributed by atoms with Crippen molar-refractivity contribution in [3.63, 3.8) is 0 Å². The minimum absolute atomic E-state index is 0.0924. The van der Waals surface area contributed by atoms with Crippen LogP contribution in [0.5, 0.6) is 0 Å². The molecule has 0 aromatic heterocycles. The predicted octanol–water partition coefficient (Wildman–Crippen LogP) is 5.52. The number of carbonyl (C=O) groups is 2. The fourth-order valence-electron chi connectivity index (χ4n) is 2.83. The standard InChI is InChI=1S/C12H9NS.C10H6O2/c1-3-7-11-9(5-1)13-10-6-2-4-8-12(10)14-11;11-9-5-6-10(12)8-4-2-1-3-7(8)9/h1-8,13H;1-6H. The van der Waals surface area contributed by atoms with Crippen LogP contribution in [0.3, 0.4) is 0 Å². The van der Waals surface area contributed by atoms with E-state index in [2.05, 4.69) is 53.8 Å². The van der Waals surface area contributed by atoms with Crippen LogP contribution >= 0.6 is 11.8 Å². The molecule has 3 aromatic carbocycles. The number of para-hydroxylation sites is 2. The van der Waals surface area contributed by atoms with Crippen molar-refractivity contribution in [1.82, 2.24) is 0 Å². The van der Waals surface area contributed by atoms with Gasteiger partial charge < -0.3 is 5.32 Å². The number of benzene rings is 3. The first-order chi connectivity index (χ1) is 12.7. The number of allylic oxidation sites excluding steroid dienone is 2. The Hall–Kier alpha value is -3.11. The molecule has 126 valence electrons. The van der Waals surface area contributed by atoms with Gasteiger partial charge in [0.05, 0.1) is 11.4 Å². The van der Waals surface area contributed by atoms with Gasteiger partial charge in [-0.25, -0.2) is 0 Å². The monoisotopic (exact) mass is 357 g/mol. The molecule has 0 saturated carbocycles. The van der Waals surface area contributed by atoms with E-state index in [1.54, 1.807) is 24.3 Å². The van der Waals surface area contributed by atoms with Crippen molar-refractivity contribution < 1.29 is 9.59 Å². The van der Waals surface area contributed by atoms with Crippen LogP contribution in [0.4, 0.5) is 11.4 Å². The van der Waals surface area contributed by atoms with E-state index in [0.29, 0.717) is 11.1 Å². The highest BCUT2D eigenvalue weighted by Gasteiger charge is 2.17. The molecule has 0 radical (unpaired) electrons. The molecular formula is C22H15NO2S. The fourth-order valence-corrected chi connectivity index (χ4v) is 3.81. The summed E-state index contributed by atoms with van der Waals surface area (Å²) in [5, 5.41) is 3.42. The number of anilines is 2. The van der Waals surface area contributed by atoms with Gasteiger partial charge in [-0.2, -0.15) is 0 Å². The Morgan fingerprint density at radius 3 is 1.50 bits per heavy atom. The van der Waals surface area contributed by atoms with E-state index in [1.807, 2.05) is 11.8 Å². The first-order valence-corrected chi connectivity index (χ1v) is 9.03. The molecule has 0 spiro atoms. The summed E-state index contributed by atoms with van der Waals surface area (Å²) in [6.07, 6.45) is 2.62. The first kappa shape index (κ1) is 16.4. The summed E-state index contributed by atoms with van der Waals surface area (Å²) in [6.45, 7) is 0. The molecule has 5 rings (SSSR count). The fraction of sp³-hybridized carbons (Fsp3) is 0. The lowest BCUT2D eigenvalue weighted by molar-refractivity contribution is 0.0994. The largest absolute Gasteiger partial charge is 0.354 e. The van der Waals surface area contributed by atoms with Crippen molar-refractivity contribution in [3.8, 4) is 0 Å². The number of ketones is 2. The molecule has 0 amide bonds. The molecule has 3 aromatic rings. The van der Waals surface area contributed by atoms with E-state index in [0.717, 1.165) is 0 Å². The smallest absolute Gasteiger partial charge is 0.186 e. The van der Waals surface area contributed by atoms with Gasteiger partial charge in [0.15, 0.2) is 11.6 Å². The zero-order chi connectivity index (χ0) is 17.9. The van der Waals surface area contributed by atoms with Gasteiger partial charge >= 0.3 is 0 Å². The molecule has 2 aliphatic rings. The van der Waals surface area contributed by atoms with Crippen LogP contribution in [-0.4, -0.2) is 11.6 Å². The maximum absolute atomic E-state index is 11.2. The second-order valence-electron chi connectivity index (χ2n) is 5.83. The molecule has 0 fully saturated rings. The highest BCUT2D eigenvalue weighted by atomic mass is 32.2. The van der Waals surface area contributed by atoms with Crippen molar-refractivity contribution in [1.29, 1.82) is 0 Å². The number of carbonyl (C=O) groups excluding carboxylic acids is 2. The summed E-state index contributed by atoms with van der Waals surface area (Å²) in [4.78, 5) is 25.0. The third-order valence-electron chi connectivity index (χ3n) is 4.11. The van der Waals surface area contributed by atoms with Crippen LogP contribution in [-0.2, 0) is 0 Å². The van der Waals surface area contributed by atoms with Gasteiger partial charge in [0.1, 0.15) is 0 Å². The molecule has 4 heteroatoms. The van der Waals surface area contributed by atoms with Gasteiger partial charge in [-0.05, 0) is 36.4 Å². The maximum atomic E-state index is 11.2. The summed E-state index contributed by atoms with van der Waals surface area (Å²) in [5.41, 5.74) is 3.42. The third kappa shape index (κ3) is 3.19. The van der Waals surface area contributed by atoms with E-state index in [4.69, 9.17) is 0 Å². The van der Waals surface area contributed by atoms with Crippen LogP contribution in [0.2, 0.25) is 0 Å². The lowest BCUT2D eigenvalue weighted by Crippen LogP contribution is -2.10. The summed E-state index contributed by atoms with van der Waals surface area (Å²) < 4.78 is 0. The second kappa shape index (κ2) is 7.02. The lowest BCUT2D eigenvalue weighted by Gasteiger charge is -2.19. The number of rotatable bonds is 0. The van der Waals surface area contributed by atoms with Gasteiger partial charge in [0.2, 0.25) is 0 Å². The topological polar surface area (TPSA) is 46.2 Å². The zero-order valence-electron chi connectivity index (χ0n) is 13.8. The van der Waals surface area contributed by atoms with Gasteiger partial charge in [0.25, 0.3) is 0 Å². The Morgan fingerprint density at radius 2 is 1.00 bits per heavy atom. The molecule has 1 N–H and O–H groups in total. The van der Waals surface area contributed by atoms with Gasteiger partial charge in [-0.1, -0.05) is 60.3 Å². The van der Waals surface area contributed by atoms with Crippen molar-refractivity contribution in [2.45, 2.75) is 9.79 Å². The SMILES string of the molecule is O=C1C=CC(=O)c2ccccc21.c1ccc2c(c1)Nc1ccccc1S2. The molecule has 3 nitrogen and oxygen atoms in total. The first-order valence-electron chi connectivity index (χ1n) is 8.21. The second-order valence-corrected chi connectivity index (χ2v) is 6.91. The number of hydrogen-bond donors (Lipinski definition) is 1. The maximum Gasteiger partial charge on any atom is 0.186 e. The third-order valence-corrected chi connectivity index (χ3v) is 5.26. The van der Waals surface area contributed by atoms with Crippen LogP contribution in [0, 0.1) is 0 Å².